The summed E-state index contributed by atoms with van der Waals surface area (Å²) in [5, 5.41) is 0. The van der Waals surface area contributed by atoms with Crippen molar-refractivity contribution in [2.75, 3.05) is 0 Å². The topological polar surface area (TPSA) is 37.3 Å². The molecule has 0 fully saturated rings. The fraction of sp³-hybridized carbons (Fsp3) is 0. The van der Waals surface area contributed by atoms with E-state index in [0.717, 1.165) is 0 Å². The molecule has 4 heavy (non-hydrogen) atoms. The van der Waals surface area contributed by atoms with E-state index < -0.39 is 17.0 Å². The third-order valence-corrected chi connectivity index (χ3v) is 0.191. The van der Waals surface area contributed by atoms with E-state index in [2.05, 4.69) is 0 Å². The first-order valence-corrected chi connectivity index (χ1v) is 2.19. The fourth-order valence-corrected chi connectivity index (χ4v) is 0. The number of hydrogen-bond acceptors (Lipinski definition) is 2. The molecule has 0 aliphatic carbocycles. The second-order valence-corrected chi connectivity index (χ2v) is 0.895. The first kappa shape index (κ1) is 4.16. The summed E-state index contributed by atoms with van der Waals surface area (Å²) in [5.74, 6) is 0. The van der Waals surface area contributed by atoms with Crippen molar-refractivity contribution in [3.63, 3.8) is 0 Å². The van der Waals surface area contributed by atoms with Crippen LogP contribution in [0.2, 0.25) is 0 Å². The molecule has 25 valence electrons. The van der Waals surface area contributed by atoms with E-state index in [9.17, 15) is 0 Å². The van der Waals surface area contributed by atoms with Crippen molar-refractivity contribution in [3.05, 3.63) is 0 Å². The van der Waals surface area contributed by atoms with E-state index in [1.165, 1.54) is 4.47 Å². The van der Waals surface area contributed by atoms with Crippen LogP contribution in [0.5, 0.6) is 0 Å². The molecule has 3 heteroatoms. The summed E-state index contributed by atoms with van der Waals surface area (Å²) in [7, 11) is 0. The zero-order chi connectivity index (χ0) is 3.41. The molecule has 2 nitrogen and oxygen atoms in total. The van der Waals surface area contributed by atoms with E-state index in [4.69, 9.17) is 8.73 Å². The molecule has 0 aromatic carbocycles. The molecule has 0 atom stereocenters. The van der Waals surface area contributed by atoms with Gasteiger partial charge in [-0.1, -0.05) is 0 Å². The van der Waals surface area contributed by atoms with Gasteiger partial charge in [0.05, 0.1) is 0 Å². The van der Waals surface area contributed by atoms with Crippen molar-refractivity contribution in [2.45, 2.75) is 0 Å². The van der Waals surface area contributed by atoms with Gasteiger partial charge in [-0.3, -0.25) is 0 Å². The standard InChI is InChI=1S/CO.H2O.Ru/c1-2;;/h;1H2;/q;;+1/p-1. The molecule has 0 unspecified atom stereocenters. The SMILES string of the molecule is O=[C]=[Ru][OH]. The van der Waals surface area contributed by atoms with Gasteiger partial charge in [0.2, 0.25) is 0 Å². The molecular formula is CHO2Ru. The summed E-state index contributed by atoms with van der Waals surface area (Å²) in [6.45, 7) is 0. The molecule has 0 heterocycles. The van der Waals surface area contributed by atoms with Crippen LogP contribution in [0.15, 0.2) is 0 Å². The zero-order valence-electron chi connectivity index (χ0n) is 1.71. The summed E-state index contributed by atoms with van der Waals surface area (Å²) in [4.78, 5) is 8.84. The van der Waals surface area contributed by atoms with E-state index in [1.54, 1.807) is 0 Å². The molecule has 0 aromatic rings. The van der Waals surface area contributed by atoms with Crippen LogP contribution in [0.4, 0.5) is 0 Å². The Kier molecular flexibility index (Phi) is 3.29. The summed E-state index contributed by atoms with van der Waals surface area (Å²) in [6.07, 6.45) is 0. The first-order valence-electron chi connectivity index (χ1n) is 0.539. The van der Waals surface area contributed by atoms with Gasteiger partial charge in [-0.15, -0.1) is 0 Å². The van der Waals surface area contributed by atoms with E-state index in [0.29, 0.717) is 0 Å². The predicted molar refractivity (Wildman–Crippen MR) is 7.91 cm³/mol. The summed E-state index contributed by atoms with van der Waals surface area (Å²) in [5.41, 5.74) is 0. The van der Waals surface area contributed by atoms with Gasteiger partial charge in [-0.05, 0) is 0 Å². The molecule has 0 aliphatic rings. The third-order valence-electron chi connectivity index (χ3n) is 0.0323. The molecule has 0 radical (unpaired) electrons. The molecule has 0 saturated heterocycles. The molecular weight excluding hydrogens is 145 g/mol. The monoisotopic (exact) mass is 147 g/mol. The van der Waals surface area contributed by atoms with Gasteiger partial charge in [0.25, 0.3) is 0 Å². The Bertz CT molecular complexity index is 44.0. The van der Waals surface area contributed by atoms with Crippen molar-refractivity contribution in [1.29, 1.82) is 0 Å². The Balaban J connectivity index is 3.11. The van der Waals surface area contributed by atoms with Crippen LogP contribution in [-0.2, 0) is 21.8 Å². The Morgan fingerprint density at radius 2 is 2.25 bits per heavy atom. The van der Waals surface area contributed by atoms with Gasteiger partial charge < -0.3 is 0 Å². The first-order chi connectivity index (χ1) is 1.91. The van der Waals surface area contributed by atoms with Crippen LogP contribution in [0.25, 0.3) is 0 Å². The molecule has 0 bridgehead atoms. The Hall–Kier alpha value is 0.163. The third kappa shape index (κ3) is 2.16. The quantitative estimate of drug-likeness (QED) is 0.447. The van der Waals surface area contributed by atoms with E-state index in [-0.39, 0.29) is 0 Å². The Labute approximate surface area is 31.0 Å². The summed E-state index contributed by atoms with van der Waals surface area (Å²) >= 11 is -1.07. The van der Waals surface area contributed by atoms with Crippen molar-refractivity contribution < 1.29 is 25.8 Å². The molecule has 0 aliphatic heterocycles. The molecule has 0 spiro atoms. The molecule has 0 aromatic heterocycles. The van der Waals surface area contributed by atoms with Crippen LogP contribution in [0, 0.1) is 0 Å². The fourth-order valence-electron chi connectivity index (χ4n) is 0. The van der Waals surface area contributed by atoms with Gasteiger partial charge in [-0.2, -0.15) is 0 Å². The maximum atomic E-state index is 8.84. The maximum absolute atomic E-state index is 8.84. The van der Waals surface area contributed by atoms with Gasteiger partial charge >= 0.3 is 30.2 Å². The van der Waals surface area contributed by atoms with Crippen molar-refractivity contribution in [1.82, 2.24) is 0 Å². The molecule has 0 saturated carbocycles. The van der Waals surface area contributed by atoms with Crippen LogP contribution in [-0.4, -0.2) is 8.41 Å². The summed E-state index contributed by atoms with van der Waals surface area (Å²) in [6, 6.07) is 0. The van der Waals surface area contributed by atoms with Crippen molar-refractivity contribution >= 4 is 4.47 Å². The summed E-state index contributed by atoms with van der Waals surface area (Å²) < 4.78 is 8.87. The van der Waals surface area contributed by atoms with Crippen LogP contribution < -0.4 is 0 Å². The predicted octanol–water partition coefficient (Wildman–Crippen LogP) is -0.957. The normalized spacial score (nSPS) is 5.25. The van der Waals surface area contributed by atoms with E-state index in [1.807, 2.05) is 0 Å². The number of rotatable bonds is 0. The minimum atomic E-state index is -1.07. The van der Waals surface area contributed by atoms with Crippen LogP contribution in [0.3, 0.4) is 0 Å². The average Bonchev–Trinajstić information content (AvgIpc) is 1.37. The van der Waals surface area contributed by atoms with Crippen molar-refractivity contribution in [2.24, 2.45) is 0 Å². The van der Waals surface area contributed by atoms with Gasteiger partial charge in [-0.25, -0.2) is 0 Å². The van der Waals surface area contributed by atoms with Gasteiger partial charge in [0.15, 0.2) is 0 Å². The van der Waals surface area contributed by atoms with Crippen molar-refractivity contribution in [3.8, 4) is 0 Å². The Morgan fingerprint density at radius 3 is 2.25 bits per heavy atom. The zero-order valence-corrected chi connectivity index (χ0v) is 3.45. The second-order valence-electron chi connectivity index (χ2n) is 0.151. The molecule has 0 rings (SSSR count). The van der Waals surface area contributed by atoms with Gasteiger partial charge in [0.1, 0.15) is 0 Å². The van der Waals surface area contributed by atoms with Gasteiger partial charge in [0, 0.05) is 0 Å². The van der Waals surface area contributed by atoms with Crippen LogP contribution >= 0.6 is 0 Å². The number of hydrogen-bond donors (Lipinski definition) is 1. The van der Waals surface area contributed by atoms with Crippen LogP contribution in [0.1, 0.15) is 0 Å². The average molecular weight is 146 g/mol. The Morgan fingerprint density at radius 1 is 2.00 bits per heavy atom. The number of carbonyl (C=O) groups excluding carboxylic acids is 1. The van der Waals surface area contributed by atoms with E-state index >= 15 is 0 Å². The second kappa shape index (κ2) is 3.16. The molecule has 0 amide bonds. The molecule has 1 N–H and O–H groups in total. The minimum absolute atomic E-state index is 1.07.